The number of hydrogen-bond acceptors (Lipinski definition) is 2. The second-order valence-corrected chi connectivity index (χ2v) is 7.59. The largest absolute Gasteiger partial charge is 0.285 e. The van der Waals surface area contributed by atoms with Gasteiger partial charge in [-0.05, 0) is 43.1 Å². The van der Waals surface area contributed by atoms with Crippen LogP contribution in [-0.2, 0) is 0 Å². The van der Waals surface area contributed by atoms with Gasteiger partial charge in [0.2, 0.25) is 10.9 Å². The van der Waals surface area contributed by atoms with Crippen molar-refractivity contribution < 1.29 is 0 Å². The first-order chi connectivity index (χ1) is 14.8. The Kier molecular flexibility index (Phi) is 3.50. The summed E-state index contributed by atoms with van der Waals surface area (Å²) < 4.78 is 0. The van der Waals surface area contributed by atoms with Gasteiger partial charge in [0.15, 0.2) is 0 Å². The Hall–Kier alpha value is -4.04. The smallest absolute Gasteiger partial charge is 0.234 e. The van der Waals surface area contributed by atoms with E-state index in [1.807, 2.05) is 60.7 Å². The van der Waals surface area contributed by atoms with Gasteiger partial charge in [-0.25, -0.2) is 0 Å². The van der Waals surface area contributed by atoms with Crippen molar-refractivity contribution in [1.29, 1.82) is 0 Å². The maximum Gasteiger partial charge on any atom is 0.234 e. The molecule has 0 atom stereocenters. The molecule has 6 aromatic rings. The lowest BCUT2D eigenvalue weighted by Crippen LogP contribution is -2.22. The predicted octanol–water partition coefficient (Wildman–Crippen LogP) is 6.17. The maximum absolute atomic E-state index is 13.2. The number of hydrogen-bond donors (Lipinski definition) is 0. The van der Waals surface area contributed by atoms with Crippen LogP contribution < -0.4 is 10.9 Å². The fraction of sp³-hybridized carbons (Fsp3) is 0. The summed E-state index contributed by atoms with van der Waals surface area (Å²) >= 11 is 0. The van der Waals surface area contributed by atoms with Crippen LogP contribution in [0.25, 0.3) is 53.9 Å². The van der Waals surface area contributed by atoms with Gasteiger partial charge in [-0.3, -0.25) is 9.59 Å². The lowest BCUT2D eigenvalue weighted by atomic mass is 9.90. The van der Waals surface area contributed by atoms with Crippen molar-refractivity contribution >= 4 is 53.9 Å². The van der Waals surface area contributed by atoms with E-state index in [2.05, 4.69) is 24.3 Å². The zero-order chi connectivity index (χ0) is 20.2. The van der Waals surface area contributed by atoms with E-state index >= 15 is 0 Å². The van der Waals surface area contributed by atoms with E-state index in [0.717, 1.165) is 43.1 Å². The van der Waals surface area contributed by atoms with Crippen LogP contribution >= 0.6 is 0 Å². The monoisotopic (exact) mass is 384 g/mol. The Labute approximate surface area is 171 Å². The fourth-order valence-electron chi connectivity index (χ4n) is 4.74. The van der Waals surface area contributed by atoms with E-state index < -0.39 is 10.9 Å². The molecule has 6 aromatic carbocycles. The molecule has 0 heterocycles. The summed E-state index contributed by atoms with van der Waals surface area (Å²) in [4.78, 5) is 26.4. The molecule has 0 unspecified atom stereocenters. The lowest BCUT2D eigenvalue weighted by molar-refractivity contribution is 1.60. The van der Waals surface area contributed by atoms with Gasteiger partial charge in [0.1, 0.15) is 0 Å². The first kappa shape index (κ1) is 16.9. The van der Waals surface area contributed by atoms with Gasteiger partial charge in [0.25, 0.3) is 0 Å². The molecule has 0 saturated heterocycles. The molecular weight excluding hydrogens is 368 g/mol. The first-order valence-electron chi connectivity index (χ1n) is 9.97. The van der Waals surface area contributed by atoms with Gasteiger partial charge in [-0.15, -0.1) is 0 Å². The summed E-state index contributed by atoms with van der Waals surface area (Å²) in [6.07, 6.45) is 0. The van der Waals surface area contributed by atoms with Crippen LogP contribution in [0.4, 0.5) is 0 Å². The van der Waals surface area contributed by atoms with Crippen LogP contribution in [0.2, 0.25) is 0 Å². The van der Waals surface area contributed by atoms with Gasteiger partial charge in [-0.1, -0.05) is 97.1 Å². The molecule has 140 valence electrons. The summed E-state index contributed by atoms with van der Waals surface area (Å²) in [6, 6.07) is 31.5. The molecule has 0 saturated carbocycles. The molecule has 0 spiro atoms. The molecule has 0 aromatic heterocycles. The van der Waals surface area contributed by atoms with Gasteiger partial charge in [-0.2, -0.15) is 0 Å². The van der Waals surface area contributed by atoms with E-state index in [1.165, 1.54) is 0 Å². The Morgan fingerprint density at radius 2 is 0.533 bits per heavy atom. The molecule has 0 fully saturated rings. The van der Waals surface area contributed by atoms with Crippen molar-refractivity contribution in [2.75, 3.05) is 0 Å². The summed E-state index contributed by atoms with van der Waals surface area (Å²) in [6.45, 7) is 0. The van der Waals surface area contributed by atoms with Crippen LogP contribution in [-0.4, -0.2) is 0 Å². The van der Waals surface area contributed by atoms with E-state index in [0.29, 0.717) is 10.8 Å². The highest BCUT2D eigenvalue weighted by Crippen LogP contribution is 2.39. The summed E-state index contributed by atoms with van der Waals surface area (Å²) in [5.41, 5.74) is -0.915. The molecule has 2 nitrogen and oxygen atoms in total. The van der Waals surface area contributed by atoms with Crippen LogP contribution in [0.1, 0.15) is 0 Å². The maximum atomic E-state index is 13.2. The quantitative estimate of drug-likeness (QED) is 0.232. The normalized spacial score (nSPS) is 11.6. The Bertz CT molecular complexity index is 1650. The van der Waals surface area contributed by atoms with E-state index in [4.69, 9.17) is 0 Å². The van der Waals surface area contributed by atoms with Gasteiger partial charge < -0.3 is 0 Å². The molecule has 30 heavy (non-hydrogen) atoms. The van der Waals surface area contributed by atoms with Gasteiger partial charge in [0.05, 0.1) is 0 Å². The van der Waals surface area contributed by atoms with Crippen molar-refractivity contribution in [3.63, 3.8) is 0 Å². The number of benzene rings is 5. The van der Waals surface area contributed by atoms with Crippen LogP contribution in [0.5, 0.6) is 0 Å². The van der Waals surface area contributed by atoms with Gasteiger partial charge in [0, 0.05) is 10.8 Å². The van der Waals surface area contributed by atoms with E-state index in [9.17, 15) is 9.59 Å². The molecule has 0 aliphatic rings. The molecule has 0 N–H and O–H groups in total. The zero-order valence-electron chi connectivity index (χ0n) is 16.1. The average molecular weight is 384 g/mol. The van der Waals surface area contributed by atoms with Crippen molar-refractivity contribution in [3.05, 3.63) is 118 Å². The average Bonchev–Trinajstić information content (AvgIpc) is 2.82. The summed E-state index contributed by atoms with van der Waals surface area (Å²) in [5.74, 6) is 0. The van der Waals surface area contributed by atoms with E-state index in [-0.39, 0.29) is 0 Å². The van der Waals surface area contributed by atoms with Crippen molar-refractivity contribution in [1.82, 2.24) is 0 Å². The third kappa shape index (κ3) is 2.19. The number of fused-ring (bicyclic) bond motifs is 10. The van der Waals surface area contributed by atoms with Crippen LogP contribution in [0.15, 0.2) is 107 Å². The van der Waals surface area contributed by atoms with Gasteiger partial charge >= 0.3 is 0 Å². The molecule has 0 aliphatic heterocycles. The standard InChI is InChI=1S/C28H16O2/c29-27-23-15-7-5-13-21(23)25-19-11-3-1-9-17(19)18-10-2-4-12-20(18)26(25)22-14-6-8-16-24(22)28(27)30/h1-16H. The van der Waals surface area contributed by atoms with Crippen molar-refractivity contribution in [2.45, 2.75) is 0 Å². The topological polar surface area (TPSA) is 34.1 Å². The molecule has 0 amide bonds. The molecular formula is C28H16O2. The highest BCUT2D eigenvalue weighted by Gasteiger charge is 2.14. The highest BCUT2D eigenvalue weighted by molar-refractivity contribution is 6.35. The molecule has 0 bridgehead atoms. The number of rotatable bonds is 0. The first-order valence-corrected chi connectivity index (χ1v) is 9.97. The Balaban J connectivity index is 2.21. The third-order valence-electron chi connectivity index (χ3n) is 6.02. The molecule has 0 aliphatic carbocycles. The molecule has 6 rings (SSSR count). The summed E-state index contributed by atoms with van der Waals surface area (Å²) in [5, 5.41) is 8.98. The predicted molar refractivity (Wildman–Crippen MR) is 127 cm³/mol. The molecule has 0 radical (unpaired) electrons. The zero-order valence-corrected chi connectivity index (χ0v) is 16.1. The minimum atomic E-state index is -0.457. The highest BCUT2D eigenvalue weighted by atomic mass is 16.2. The Morgan fingerprint density at radius 1 is 0.300 bits per heavy atom. The van der Waals surface area contributed by atoms with Crippen LogP contribution in [0, 0.1) is 0 Å². The van der Waals surface area contributed by atoms with Crippen molar-refractivity contribution in [2.24, 2.45) is 0 Å². The van der Waals surface area contributed by atoms with Crippen LogP contribution in [0.3, 0.4) is 0 Å². The Morgan fingerprint density at radius 3 is 0.867 bits per heavy atom. The fourth-order valence-corrected chi connectivity index (χ4v) is 4.74. The van der Waals surface area contributed by atoms with E-state index in [1.54, 1.807) is 12.1 Å². The van der Waals surface area contributed by atoms with Crippen molar-refractivity contribution in [3.8, 4) is 0 Å². The second kappa shape index (κ2) is 6.23. The second-order valence-electron chi connectivity index (χ2n) is 7.59. The minimum Gasteiger partial charge on any atom is -0.285 e. The SMILES string of the molecule is O=c1c(=O)c2ccccc2c2c3ccccc3c3ccccc3c2c2ccccc12. The lowest BCUT2D eigenvalue weighted by Gasteiger charge is -2.13. The third-order valence-corrected chi connectivity index (χ3v) is 6.02. The summed E-state index contributed by atoms with van der Waals surface area (Å²) in [7, 11) is 0. The molecule has 2 heteroatoms. The minimum absolute atomic E-state index is 0.457.